The van der Waals surface area contributed by atoms with Crippen LogP contribution in [-0.4, -0.2) is 15.8 Å². The Bertz CT molecular complexity index is 765. The van der Waals surface area contributed by atoms with Crippen molar-refractivity contribution in [2.24, 2.45) is 0 Å². The van der Waals surface area contributed by atoms with E-state index in [4.69, 9.17) is 5.41 Å². The normalized spacial score (nSPS) is 10.8. The standard InChI is InChI=1S/C15H15FN4O/c1-10-8-15(21)20(11(2)19-10)12-4-5-14(13(16)9-12)18-7-3-6-17/h3-9,17-18H,1-2H3/b7-3-,17-6?. The molecule has 0 aliphatic rings. The lowest BCUT2D eigenvalue weighted by Crippen LogP contribution is -2.21. The molecule has 2 N–H and O–H groups in total. The molecule has 1 heterocycles. The van der Waals surface area contributed by atoms with Gasteiger partial charge in [0.1, 0.15) is 11.6 Å². The first-order valence-electron chi connectivity index (χ1n) is 6.32. The van der Waals surface area contributed by atoms with Gasteiger partial charge in [0, 0.05) is 30.2 Å². The van der Waals surface area contributed by atoms with E-state index in [0.29, 0.717) is 17.2 Å². The van der Waals surface area contributed by atoms with Gasteiger partial charge in [0.2, 0.25) is 0 Å². The lowest BCUT2D eigenvalue weighted by Gasteiger charge is -2.11. The minimum Gasteiger partial charge on any atom is -0.359 e. The average Bonchev–Trinajstić information content (AvgIpc) is 2.40. The van der Waals surface area contributed by atoms with Gasteiger partial charge >= 0.3 is 0 Å². The Morgan fingerprint density at radius 2 is 2.10 bits per heavy atom. The zero-order chi connectivity index (χ0) is 15.4. The van der Waals surface area contributed by atoms with Crippen LogP contribution >= 0.6 is 0 Å². The third-order valence-electron chi connectivity index (χ3n) is 2.86. The summed E-state index contributed by atoms with van der Waals surface area (Å²) in [5.41, 5.74) is 1.07. The van der Waals surface area contributed by atoms with Gasteiger partial charge in [0.15, 0.2) is 0 Å². The highest BCUT2D eigenvalue weighted by molar-refractivity contribution is 5.68. The molecule has 0 aliphatic heterocycles. The number of benzene rings is 1. The third-order valence-corrected chi connectivity index (χ3v) is 2.86. The van der Waals surface area contributed by atoms with Crippen molar-refractivity contribution in [2.75, 3.05) is 5.32 Å². The van der Waals surface area contributed by atoms with Crippen LogP contribution in [0.25, 0.3) is 5.69 Å². The molecule has 0 bridgehead atoms. The Hall–Kier alpha value is -2.76. The number of aryl methyl sites for hydroxylation is 2. The summed E-state index contributed by atoms with van der Waals surface area (Å²) in [6.07, 6.45) is 3.97. The van der Waals surface area contributed by atoms with Crippen LogP contribution in [0.5, 0.6) is 0 Å². The first-order chi connectivity index (χ1) is 10.0. The summed E-state index contributed by atoms with van der Waals surface area (Å²) in [6.45, 7) is 3.44. The molecule has 0 unspecified atom stereocenters. The third kappa shape index (κ3) is 3.22. The van der Waals surface area contributed by atoms with E-state index in [1.54, 1.807) is 19.9 Å². The number of rotatable bonds is 4. The van der Waals surface area contributed by atoms with Gasteiger partial charge in [-0.25, -0.2) is 9.37 Å². The number of hydrogen-bond acceptors (Lipinski definition) is 4. The maximum Gasteiger partial charge on any atom is 0.258 e. The van der Waals surface area contributed by atoms with Gasteiger partial charge in [-0.05, 0) is 32.1 Å². The quantitative estimate of drug-likeness (QED) is 0.849. The van der Waals surface area contributed by atoms with Crippen LogP contribution < -0.4 is 10.9 Å². The van der Waals surface area contributed by atoms with E-state index in [2.05, 4.69) is 10.3 Å². The van der Waals surface area contributed by atoms with Crippen LogP contribution in [0.4, 0.5) is 10.1 Å². The largest absolute Gasteiger partial charge is 0.359 e. The molecule has 108 valence electrons. The van der Waals surface area contributed by atoms with Crippen molar-refractivity contribution in [1.29, 1.82) is 5.41 Å². The average molecular weight is 286 g/mol. The van der Waals surface area contributed by atoms with Gasteiger partial charge in [-0.1, -0.05) is 0 Å². The maximum absolute atomic E-state index is 14.0. The maximum atomic E-state index is 14.0. The van der Waals surface area contributed by atoms with E-state index in [9.17, 15) is 9.18 Å². The Morgan fingerprint density at radius 3 is 2.71 bits per heavy atom. The van der Waals surface area contributed by atoms with Gasteiger partial charge in [-0.3, -0.25) is 9.36 Å². The molecule has 0 atom stereocenters. The second-order valence-corrected chi connectivity index (χ2v) is 4.45. The lowest BCUT2D eigenvalue weighted by atomic mass is 10.2. The van der Waals surface area contributed by atoms with Gasteiger partial charge in [0.25, 0.3) is 5.56 Å². The molecule has 6 heteroatoms. The van der Waals surface area contributed by atoms with Crippen molar-refractivity contribution in [3.05, 3.63) is 64.2 Å². The van der Waals surface area contributed by atoms with E-state index in [1.165, 1.54) is 35.0 Å². The van der Waals surface area contributed by atoms with E-state index in [1.807, 2.05) is 0 Å². The smallest absolute Gasteiger partial charge is 0.258 e. The van der Waals surface area contributed by atoms with Crippen LogP contribution in [0.15, 0.2) is 41.3 Å². The van der Waals surface area contributed by atoms with Crippen molar-refractivity contribution >= 4 is 11.9 Å². The topological polar surface area (TPSA) is 70.8 Å². The molecule has 0 aliphatic carbocycles. The minimum atomic E-state index is -0.492. The highest BCUT2D eigenvalue weighted by Crippen LogP contribution is 2.18. The monoisotopic (exact) mass is 286 g/mol. The molecule has 0 saturated carbocycles. The molecule has 0 spiro atoms. The van der Waals surface area contributed by atoms with Gasteiger partial charge in [0.05, 0.1) is 11.4 Å². The molecule has 0 radical (unpaired) electrons. The van der Waals surface area contributed by atoms with Gasteiger partial charge < -0.3 is 10.7 Å². The molecular formula is C15H15FN4O. The molecule has 2 rings (SSSR count). The lowest BCUT2D eigenvalue weighted by molar-refractivity contribution is 0.629. The number of hydrogen-bond donors (Lipinski definition) is 2. The fourth-order valence-electron chi connectivity index (χ4n) is 2.00. The van der Waals surface area contributed by atoms with E-state index < -0.39 is 5.82 Å². The number of nitrogens with zero attached hydrogens (tertiary/aromatic N) is 2. The summed E-state index contributed by atoms with van der Waals surface area (Å²) in [5.74, 6) is 0.0119. The fourth-order valence-corrected chi connectivity index (χ4v) is 2.00. The SMILES string of the molecule is Cc1cc(=O)n(-c2ccc(N/C=C\C=N)c(F)c2)c(C)n1. The molecular weight excluding hydrogens is 271 g/mol. The van der Waals surface area contributed by atoms with Crippen LogP contribution in [0, 0.1) is 25.1 Å². The van der Waals surface area contributed by atoms with Gasteiger partial charge in [-0.2, -0.15) is 0 Å². The van der Waals surface area contributed by atoms with Crippen molar-refractivity contribution in [3.8, 4) is 5.69 Å². The summed E-state index contributed by atoms with van der Waals surface area (Å²) in [7, 11) is 0. The highest BCUT2D eigenvalue weighted by Gasteiger charge is 2.08. The molecule has 0 amide bonds. The Morgan fingerprint density at radius 1 is 1.33 bits per heavy atom. The van der Waals surface area contributed by atoms with Crippen LogP contribution in [-0.2, 0) is 0 Å². The molecule has 5 nitrogen and oxygen atoms in total. The summed E-state index contributed by atoms with van der Waals surface area (Å²) < 4.78 is 15.4. The van der Waals surface area contributed by atoms with E-state index in [-0.39, 0.29) is 11.2 Å². The molecule has 1 aromatic carbocycles. The van der Waals surface area contributed by atoms with Crippen molar-refractivity contribution < 1.29 is 4.39 Å². The van der Waals surface area contributed by atoms with Crippen LogP contribution in [0.3, 0.4) is 0 Å². The predicted molar refractivity (Wildman–Crippen MR) is 80.8 cm³/mol. The highest BCUT2D eigenvalue weighted by atomic mass is 19.1. The summed E-state index contributed by atoms with van der Waals surface area (Å²) >= 11 is 0. The predicted octanol–water partition coefficient (Wildman–Crippen LogP) is 2.56. The molecule has 1 aromatic heterocycles. The van der Waals surface area contributed by atoms with E-state index in [0.717, 1.165) is 6.21 Å². The van der Waals surface area contributed by atoms with Crippen molar-refractivity contribution in [2.45, 2.75) is 13.8 Å². The fraction of sp³-hybridized carbons (Fsp3) is 0.133. The van der Waals surface area contributed by atoms with Gasteiger partial charge in [-0.15, -0.1) is 0 Å². The first kappa shape index (κ1) is 14.6. The summed E-state index contributed by atoms with van der Waals surface area (Å²) in [6, 6.07) is 5.84. The molecule has 21 heavy (non-hydrogen) atoms. The number of aromatic nitrogens is 2. The van der Waals surface area contributed by atoms with Crippen molar-refractivity contribution in [1.82, 2.24) is 9.55 Å². The van der Waals surface area contributed by atoms with Crippen LogP contribution in [0.1, 0.15) is 11.5 Å². The first-order valence-corrected chi connectivity index (χ1v) is 6.32. The Balaban J connectivity index is 2.43. The second kappa shape index (κ2) is 6.13. The van der Waals surface area contributed by atoms with Crippen LogP contribution in [0.2, 0.25) is 0 Å². The molecule has 0 fully saturated rings. The molecule has 0 saturated heterocycles. The summed E-state index contributed by atoms with van der Waals surface area (Å²) in [5, 5.41) is 9.56. The zero-order valence-corrected chi connectivity index (χ0v) is 11.7. The Kier molecular flexibility index (Phi) is 4.27. The minimum absolute atomic E-state index is 0.246. The second-order valence-electron chi connectivity index (χ2n) is 4.45. The number of allylic oxidation sites excluding steroid dienone is 1. The zero-order valence-electron chi connectivity index (χ0n) is 11.7. The van der Waals surface area contributed by atoms with Crippen molar-refractivity contribution in [3.63, 3.8) is 0 Å². The Labute approximate surface area is 121 Å². The number of nitrogens with one attached hydrogen (secondary N) is 2. The summed E-state index contributed by atoms with van der Waals surface area (Å²) in [4.78, 5) is 16.2. The van der Waals surface area contributed by atoms with E-state index >= 15 is 0 Å². The number of anilines is 1. The molecule has 2 aromatic rings. The number of halogens is 1.